The van der Waals surface area contributed by atoms with Crippen LogP contribution in [0.5, 0.6) is 5.75 Å². The van der Waals surface area contributed by atoms with Crippen LogP contribution in [0.4, 0.5) is 0 Å². The third-order valence-corrected chi connectivity index (χ3v) is 6.08. The summed E-state index contributed by atoms with van der Waals surface area (Å²) < 4.78 is 13.1. The summed E-state index contributed by atoms with van der Waals surface area (Å²) in [6.45, 7) is 0.470. The van der Waals surface area contributed by atoms with Crippen LogP contribution in [0, 0.1) is 0 Å². The number of benzene rings is 3. The maximum atomic E-state index is 13.5. The van der Waals surface area contributed by atoms with Gasteiger partial charge in [-0.1, -0.05) is 53.5 Å². The third kappa shape index (κ3) is 4.01. The van der Waals surface area contributed by atoms with Gasteiger partial charge in [0.2, 0.25) is 11.7 Å². The number of oxazole rings is 1. The predicted molar refractivity (Wildman–Crippen MR) is 129 cm³/mol. The predicted octanol–water partition coefficient (Wildman–Crippen LogP) is 6.89. The highest BCUT2D eigenvalue weighted by Gasteiger charge is 2.26. The molecule has 0 fully saturated rings. The van der Waals surface area contributed by atoms with Gasteiger partial charge in [-0.25, -0.2) is 4.98 Å². The quantitative estimate of drug-likeness (QED) is 0.250. The first-order valence-electron chi connectivity index (χ1n) is 10.2. The smallest absolute Gasteiger partial charge is 0.233 e. The molecule has 164 valence electrons. The molecule has 0 spiro atoms. The van der Waals surface area contributed by atoms with Crippen molar-refractivity contribution < 1.29 is 13.9 Å². The Morgan fingerprint density at radius 2 is 1.79 bits per heavy atom. The van der Waals surface area contributed by atoms with E-state index in [2.05, 4.69) is 4.98 Å². The SMILES string of the molecule is COc1ccc2c(c1)c(C(=O)c1cnc(-c3ccccc3)o1)c(Cl)n2Cc1ccc(Cl)cc1. The Hall–Kier alpha value is -3.54. The van der Waals surface area contributed by atoms with E-state index in [4.69, 9.17) is 32.4 Å². The summed E-state index contributed by atoms with van der Waals surface area (Å²) in [5.41, 5.74) is 2.94. The molecule has 0 atom stereocenters. The molecule has 0 N–H and O–H groups in total. The minimum Gasteiger partial charge on any atom is -0.497 e. The Morgan fingerprint density at radius 1 is 1.03 bits per heavy atom. The molecule has 7 heteroatoms. The van der Waals surface area contributed by atoms with Gasteiger partial charge in [-0.15, -0.1) is 0 Å². The summed E-state index contributed by atoms with van der Waals surface area (Å²) in [6.07, 6.45) is 1.43. The number of halogens is 2. The molecule has 0 aliphatic carbocycles. The van der Waals surface area contributed by atoms with Crippen molar-refractivity contribution in [2.45, 2.75) is 6.54 Å². The number of ether oxygens (including phenoxy) is 1. The Balaban J connectivity index is 1.61. The van der Waals surface area contributed by atoms with E-state index in [9.17, 15) is 4.79 Å². The molecule has 0 saturated carbocycles. The number of hydrogen-bond acceptors (Lipinski definition) is 4. The fraction of sp³-hybridized carbons (Fsp3) is 0.0769. The average Bonchev–Trinajstić information content (AvgIpc) is 3.44. The maximum Gasteiger partial charge on any atom is 0.233 e. The molecule has 0 radical (unpaired) electrons. The van der Waals surface area contributed by atoms with E-state index >= 15 is 0 Å². The molecule has 5 aromatic rings. The molecule has 2 aromatic heterocycles. The van der Waals surface area contributed by atoms with Crippen molar-refractivity contribution in [1.29, 1.82) is 0 Å². The Bertz CT molecular complexity index is 1450. The van der Waals surface area contributed by atoms with E-state index in [1.807, 2.05) is 71.3 Å². The van der Waals surface area contributed by atoms with Crippen LogP contribution in [0.2, 0.25) is 10.2 Å². The lowest BCUT2D eigenvalue weighted by atomic mass is 10.1. The molecule has 5 nitrogen and oxygen atoms in total. The maximum absolute atomic E-state index is 13.5. The highest BCUT2D eigenvalue weighted by Crippen LogP contribution is 2.35. The number of aromatic nitrogens is 2. The molecule has 0 aliphatic heterocycles. The van der Waals surface area contributed by atoms with Crippen LogP contribution < -0.4 is 4.74 Å². The minimum atomic E-state index is -0.345. The van der Waals surface area contributed by atoms with Gasteiger partial charge in [0.05, 0.1) is 24.4 Å². The van der Waals surface area contributed by atoms with Crippen molar-refractivity contribution in [2.75, 3.05) is 7.11 Å². The minimum absolute atomic E-state index is 0.115. The van der Waals surface area contributed by atoms with Gasteiger partial charge in [-0.05, 0) is 48.0 Å². The third-order valence-electron chi connectivity index (χ3n) is 5.44. The number of methoxy groups -OCH3 is 1. The molecular weight excluding hydrogens is 459 g/mol. The molecule has 0 unspecified atom stereocenters. The van der Waals surface area contributed by atoms with E-state index in [-0.39, 0.29) is 11.5 Å². The summed E-state index contributed by atoms with van der Waals surface area (Å²) in [7, 11) is 1.58. The van der Waals surface area contributed by atoms with E-state index in [1.165, 1.54) is 6.20 Å². The van der Waals surface area contributed by atoms with Crippen LogP contribution in [-0.4, -0.2) is 22.4 Å². The Morgan fingerprint density at radius 3 is 2.52 bits per heavy atom. The molecule has 0 aliphatic rings. The standard InChI is InChI=1S/C26H18Cl2N2O3/c1-32-19-11-12-21-20(13-19)23(25(28)30(21)15-16-7-9-18(27)10-8-16)24(31)22-14-29-26(33-22)17-5-3-2-4-6-17/h2-14H,15H2,1H3. The number of ketones is 1. The summed E-state index contributed by atoms with van der Waals surface area (Å²) in [4.78, 5) is 17.8. The second-order valence-electron chi connectivity index (χ2n) is 7.49. The molecule has 2 heterocycles. The topological polar surface area (TPSA) is 57.3 Å². The lowest BCUT2D eigenvalue weighted by molar-refractivity contribution is 0.101. The van der Waals surface area contributed by atoms with Gasteiger partial charge in [-0.2, -0.15) is 0 Å². The largest absolute Gasteiger partial charge is 0.497 e. The van der Waals surface area contributed by atoms with Crippen LogP contribution >= 0.6 is 23.2 Å². The lowest BCUT2D eigenvalue weighted by Gasteiger charge is -2.08. The zero-order valence-electron chi connectivity index (χ0n) is 17.6. The zero-order valence-corrected chi connectivity index (χ0v) is 19.1. The van der Waals surface area contributed by atoms with E-state index in [0.29, 0.717) is 39.3 Å². The molecule has 3 aromatic carbocycles. The van der Waals surface area contributed by atoms with Gasteiger partial charge < -0.3 is 13.7 Å². The molecule has 0 saturated heterocycles. The van der Waals surface area contributed by atoms with Crippen LogP contribution in [-0.2, 0) is 6.54 Å². The van der Waals surface area contributed by atoms with Crippen molar-refractivity contribution in [3.05, 3.63) is 106 Å². The van der Waals surface area contributed by atoms with E-state index in [1.54, 1.807) is 13.2 Å². The monoisotopic (exact) mass is 476 g/mol. The summed E-state index contributed by atoms with van der Waals surface area (Å²) in [5, 5.41) is 1.65. The zero-order chi connectivity index (χ0) is 22.9. The summed E-state index contributed by atoms with van der Waals surface area (Å²) in [6, 6.07) is 22.5. The number of fused-ring (bicyclic) bond motifs is 1. The lowest BCUT2D eigenvalue weighted by Crippen LogP contribution is -2.03. The van der Waals surface area contributed by atoms with Crippen LogP contribution in [0.3, 0.4) is 0 Å². The van der Waals surface area contributed by atoms with Crippen molar-refractivity contribution in [2.24, 2.45) is 0 Å². The number of rotatable bonds is 6. The Kier molecular flexibility index (Phi) is 5.67. The average molecular weight is 477 g/mol. The van der Waals surface area contributed by atoms with E-state index < -0.39 is 0 Å². The van der Waals surface area contributed by atoms with Crippen LogP contribution in [0.15, 0.2) is 83.4 Å². The number of carbonyl (C=O) groups excluding carboxylic acids is 1. The van der Waals surface area contributed by atoms with Crippen LogP contribution in [0.1, 0.15) is 21.7 Å². The van der Waals surface area contributed by atoms with Crippen LogP contribution in [0.25, 0.3) is 22.4 Å². The van der Waals surface area contributed by atoms with Crippen molar-refractivity contribution in [1.82, 2.24) is 9.55 Å². The molecule has 0 amide bonds. The van der Waals surface area contributed by atoms with Gasteiger partial charge in [0.25, 0.3) is 0 Å². The summed E-state index contributed by atoms with van der Waals surface area (Å²) in [5.74, 6) is 0.767. The van der Waals surface area contributed by atoms with Gasteiger partial charge in [0.15, 0.2) is 5.76 Å². The van der Waals surface area contributed by atoms with Crippen molar-refractivity contribution >= 4 is 39.9 Å². The second-order valence-corrected chi connectivity index (χ2v) is 8.28. The second kappa shape index (κ2) is 8.77. The molecular formula is C26H18Cl2N2O3. The Labute approximate surface area is 200 Å². The molecule has 5 rings (SSSR count). The van der Waals surface area contributed by atoms with Gasteiger partial charge in [0, 0.05) is 22.5 Å². The number of nitrogens with zero attached hydrogens (tertiary/aromatic N) is 2. The van der Waals surface area contributed by atoms with Gasteiger partial charge in [-0.3, -0.25) is 4.79 Å². The fourth-order valence-corrected chi connectivity index (χ4v) is 4.25. The fourth-order valence-electron chi connectivity index (χ4n) is 3.79. The van der Waals surface area contributed by atoms with Crippen molar-refractivity contribution in [3.8, 4) is 17.2 Å². The number of hydrogen-bond donors (Lipinski definition) is 0. The number of carbonyl (C=O) groups is 1. The van der Waals surface area contributed by atoms with Gasteiger partial charge in [0.1, 0.15) is 10.9 Å². The first-order chi connectivity index (χ1) is 16.0. The molecule has 33 heavy (non-hydrogen) atoms. The molecule has 0 bridgehead atoms. The first kappa shape index (κ1) is 21.3. The highest BCUT2D eigenvalue weighted by atomic mass is 35.5. The normalized spacial score (nSPS) is 11.1. The summed E-state index contributed by atoms with van der Waals surface area (Å²) >= 11 is 12.8. The highest BCUT2D eigenvalue weighted by molar-refractivity contribution is 6.37. The van der Waals surface area contributed by atoms with Crippen molar-refractivity contribution in [3.63, 3.8) is 0 Å². The van der Waals surface area contributed by atoms with E-state index in [0.717, 1.165) is 16.6 Å². The van der Waals surface area contributed by atoms with Gasteiger partial charge >= 0.3 is 0 Å². The first-order valence-corrected chi connectivity index (χ1v) is 11.0.